The highest BCUT2D eigenvalue weighted by molar-refractivity contribution is 7.99. The van der Waals surface area contributed by atoms with Gasteiger partial charge in [0.15, 0.2) is 5.16 Å². The SMILES string of the molecule is Fc1ccc(OCCSc2nnc(CN3CCCC3)n2Cc2ccccc2)cc1. The largest absolute Gasteiger partial charge is 0.493 e. The van der Waals surface area contributed by atoms with Gasteiger partial charge in [0.2, 0.25) is 0 Å². The Bertz CT molecular complexity index is 895. The minimum Gasteiger partial charge on any atom is -0.493 e. The Morgan fingerprint density at radius 2 is 1.69 bits per heavy atom. The number of hydrogen-bond acceptors (Lipinski definition) is 5. The van der Waals surface area contributed by atoms with Gasteiger partial charge in [-0.05, 0) is 55.8 Å². The van der Waals surface area contributed by atoms with Gasteiger partial charge in [-0.2, -0.15) is 0 Å². The molecule has 0 bridgehead atoms. The molecule has 0 atom stereocenters. The fraction of sp³-hybridized carbons (Fsp3) is 0.364. The maximum Gasteiger partial charge on any atom is 0.191 e. The molecule has 0 spiro atoms. The number of thioether (sulfide) groups is 1. The van der Waals surface area contributed by atoms with Crippen molar-refractivity contribution in [2.45, 2.75) is 31.1 Å². The maximum absolute atomic E-state index is 13.0. The van der Waals surface area contributed by atoms with Crippen molar-refractivity contribution in [1.82, 2.24) is 19.7 Å². The van der Waals surface area contributed by atoms with Crippen molar-refractivity contribution in [3.05, 3.63) is 71.8 Å². The summed E-state index contributed by atoms with van der Waals surface area (Å²) >= 11 is 1.64. The predicted molar refractivity (Wildman–Crippen MR) is 113 cm³/mol. The lowest BCUT2D eigenvalue weighted by atomic mass is 10.2. The summed E-state index contributed by atoms with van der Waals surface area (Å²) in [5, 5.41) is 9.85. The third-order valence-corrected chi connectivity index (χ3v) is 5.87. The van der Waals surface area contributed by atoms with Crippen molar-refractivity contribution in [3.63, 3.8) is 0 Å². The Labute approximate surface area is 174 Å². The molecule has 1 fully saturated rings. The Balaban J connectivity index is 1.40. The van der Waals surface area contributed by atoms with Gasteiger partial charge in [0.1, 0.15) is 17.4 Å². The van der Waals surface area contributed by atoms with Gasteiger partial charge < -0.3 is 9.30 Å². The molecule has 0 N–H and O–H groups in total. The molecule has 0 saturated carbocycles. The van der Waals surface area contributed by atoms with Crippen LogP contribution in [-0.4, -0.2) is 45.1 Å². The number of likely N-dealkylation sites (tertiary alicyclic amines) is 1. The van der Waals surface area contributed by atoms with E-state index in [4.69, 9.17) is 4.74 Å². The number of hydrogen-bond donors (Lipinski definition) is 0. The zero-order chi connectivity index (χ0) is 19.9. The highest BCUT2D eigenvalue weighted by atomic mass is 32.2. The van der Waals surface area contributed by atoms with Gasteiger partial charge in [-0.1, -0.05) is 42.1 Å². The summed E-state index contributed by atoms with van der Waals surface area (Å²) in [6, 6.07) is 16.5. The van der Waals surface area contributed by atoms with E-state index in [2.05, 4.69) is 43.9 Å². The van der Waals surface area contributed by atoms with Crippen LogP contribution in [0.25, 0.3) is 0 Å². The predicted octanol–water partition coefficient (Wildman–Crippen LogP) is 4.23. The van der Waals surface area contributed by atoms with Crippen LogP contribution in [0, 0.1) is 5.82 Å². The molecule has 1 aliphatic rings. The smallest absolute Gasteiger partial charge is 0.191 e. The fourth-order valence-electron chi connectivity index (χ4n) is 3.43. The van der Waals surface area contributed by atoms with E-state index in [1.807, 2.05) is 6.07 Å². The number of aromatic nitrogens is 3. The second-order valence-corrected chi connectivity index (χ2v) is 8.17. The summed E-state index contributed by atoms with van der Waals surface area (Å²) in [5.74, 6) is 2.17. The zero-order valence-electron chi connectivity index (χ0n) is 16.3. The van der Waals surface area contributed by atoms with E-state index in [1.165, 1.54) is 30.5 Å². The second-order valence-electron chi connectivity index (χ2n) is 7.10. The summed E-state index contributed by atoms with van der Waals surface area (Å²) < 4.78 is 20.9. The summed E-state index contributed by atoms with van der Waals surface area (Å²) in [6.07, 6.45) is 2.52. The second kappa shape index (κ2) is 9.89. The first kappa shape index (κ1) is 19.9. The van der Waals surface area contributed by atoms with Crippen LogP contribution >= 0.6 is 11.8 Å². The molecule has 0 amide bonds. The fourth-order valence-corrected chi connectivity index (χ4v) is 4.21. The molecular formula is C22H25FN4OS. The topological polar surface area (TPSA) is 43.2 Å². The van der Waals surface area contributed by atoms with Crippen molar-refractivity contribution in [2.75, 3.05) is 25.4 Å². The van der Waals surface area contributed by atoms with Gasteiger partial charge in [-0.25, -0.2) is 4.39 Å². The van der Waals surface area contributed by atoms with E-state index in [9.17, 15) is 4.39 Å². The first-order chi connectivity index (χ1) is 14.3. The maximum atomic E-state index is 13.0. The molecule has 29 heavy (non-hydrogen) atoms. The molecule has 1 aromatic heterocycles. The monoisotopic (exact) mass is 412 g/mol. The van der Waals surface area contributed by atoms with Crippen molar-refractivity contribution in [1.29, 1.82) is 0 Å². The van der Waals surface area contributed by atoms with E-state index in [-0.39, 0.29) is 5.82 Å². The summed E-state index contributed by atoms with van der Waals surface area (Å²) in [6.45, 7) is 4.39. The number of rotatable bonds is 9. The van der Waals surface area contributed by atoms with Gasteiger partial charge >= 0.3 is 0 Å². The van der Waals surface area contributed by atoms with E-state index in [0.717, 1.165) is 42.9 Å². The van der Waals surface area contributed by atoms with Crippen LogP contribution in [0.5, 0.6) is 5.75 Å². The normalized spacial score (nSPS) is 14.4. The van der Waals surface area contributed by atoms with Crippen LogP contribution in [-0.2, 0) is 13.1 Å². The Morgan fingerprint density at radius 3 is 2.45 bits per heavy atom. The molecular weight excluding hydrogens is 387 g/mol. The number of ether oxygens (including phenoxy) is 1. The first-order valence-electron chi connectivity index (χ1n) is 9.97. The lowest BCUT2D eigenvalue weighted by Crippen LogP contribution is -2.21. The summed E-state index contributed by atoms with van der Waals surface area (Å²) in [7, 11) is 0. The number of benzene rings is 2. The van der Waals surface area contributed by atoms with Gasteiger partial charge in [0.05, 0.1) is 19.7 Å². The average Bonchev–Trinajstić information content (AvgIpc) is 3.39. The third kappa shape index (κ3) is 5.58. The molecule has 5 nitrogen and oxygen atoms in total. The molecule has 0 aliphatic carbocycles. The zero-order valence-corrected chi connectivity index (χ0v) is 17.2. The van der Waals surface area contributed by atoms with Crippen LogP contribution < -0.4 is 4.74 Å². The molecule has 1 aliphatic heterocycles. The Morgan fingerprint density at radius 1 is 0.931 bits per heavy atom. The summed E-state index contributed by atoms with van der Waals surface area (Å²) in [5.41, 5.74) is 1.24. The van der Waals surface area contributed by atoms with E-state index in [0.29, 0.717) is 12.4 Å². The van der Waals surface area contributed by atoms with E-state index in [1.54, 1.807) is 23.9 Å². The molecule has 152 valence electrons. The van der Waals surface area contributed by atoms with E-state index < -0.39 is 0 Å². The van der Waals surface area contributed by atoms with Gasteiger partial charge in [-0.3, -0.25) is 4.90 Å². The average molecular weight is 413 g/mol. The van der Waals surface area contributed by atoms with Crippen molar-refractivity contribution in [3.8, 4) is 5.75 Å². The minimum absolute atomic E-state index is 0.258. The summed E-state index contributed by atoms with van der Waals surface area (Å²) in [4.78, 5) is 2.44. The Hall–Kier alpha value is -2.38. The van der Waals surface area contributed by atoms with Crippen LogP contribution in [0.2, 0.25) is 0 Å². The number of nitrogens with zero attached hydrogens (tertiary/aromatic N) is 4. The molecule has 0 unspecified atom stereocenters. The highest BCUT2D eigenvalue weighted by Gasteiger charge is 2.18. The molecule has 3 aromatic rings. The molecule has 2 aromatic carbocycles. The van der Waals surface area contributed by atoms with Crippen LogP contribution in [0.15, 0.2) is 59.8 Å². The van der Waals surface area contributed by atoms with Crippen LogP contribution in [0.1, 0.15) is 24.2 Å². The molecule has 2 heterocycles. The molecule has 7 heteroatoms. The minimum atomic E-state index is -0.258. The van der Waals surface area contributed by atoms with E-state index >= 15 is 0 Å². The Kier molecular flexibility index (Phi) is 6.79. The van der Waals surface area contributed by atoms with Gasteiger partial charge in [0.25, 0.3) is 0 Å². The lowest BCUT2D eigenvalue weighted by Gasteiger charge is -2.16. The van der Waals surface area contributed by atoms with Gasteiger partial charge in [0, 0.05) is 5.75 Å². The molecule has 4 rings (SSSR count). The molecule has 0 radical (unpaired) electrons. The van der Waals surface area contributed by atoms with Gasteiger partial charge in [-0.15, -0.1) is 10.2 Å². The lowest BCUT2D eigenvalue weighted by molar-refractivity contribution is 0.316. The number of halogens is 1. The molecule has 1 saturated heterocycles. The van der Waals surface area contributed by atoms with Crippen molar-refractivity contribution in [2.24, 2.45) is 0 Å². The van der Waals surface area contributed by atoms with Crippen LogP contribution in [0.4, 0.5) is 4.39 Å². The van der Waals surface area contributed by atoms with Crippen molar-refractivity contribution >= 4 is 11.8 Å². The van der Waals surface area contributed by atoms with Crippen molar-refractivity contribution < 1.29 is 9.13 Å². The standard InChI is InChI=1S/C22H25FN4OS/c23-19-8-10-20(11-9-19)28-14-15-29-22-25-24-21(17-26-12-4-5-13-26)27(22)16-18-6-2-1-3-7-18/h1-3,6-11H,4-5,12-17H2. The first-order valence-corrected chi connectivity index (χ1v) is 11.0. The highest BCUT2D eigenvalue weighted by Crippen LogP contribution is 2.21. The van der Waals surface area contributed by atoms with Crippen LogP contribution in [0.3, 0.4) is 0 Å². The quantitative estimate of drug-likeness (QED) is 0.389. The third-order valence-electron chi connectivity index (χ3n) is 4.94.